The molecule has 5 heteroatoms. The first kappa shape index (κ1) is 19.9. The number of rotatable bonds is 10. The van der Waals surface area contributed by atoms with Crippen LogP contribution in [0.3, 0.4) is 0 Å². The Balaban J connectivity index is 1.73. The summed E-state index contributed by atoms with van der Waals surface area (Å²) in [4.78, 5) is 14.1. The highest BCUT2D eigenvalue weighted by molar-refractivity contribution is 5.77. The number of carbonyl (C=O) groups excluding carboxylic acids is 1. The van der Waals surface area contributed by atoms with Crippen LogP contribution in [-0.2, 0) is 29.2 Å². The van der Waals surface area contributed by atoms with Crippen LogP contribution in [0.4, 0.5) is 0 Å². The zero-order valence-corrected chi connectivity index (χ0v) is 15.8. The number of benzene rings is 2. The van der Waals surface area contributed by atoms with Crippen molar-refractivity contribution in [2.45, 2.75) is 26.6 Å². The molecule has 0 aromatic heterocycles. The molecule has 0 fully saturated rings. The van der Waals surface area contributed by atoms with Gasteiger partial charge in [0.25, 0.3) is 0 Å². The van der Waals surface area contributed by atoms with Gasteiger partial charge >= 0.3 is 0 Å². The first-order chi connectivity index (χ1) is 12.6. The monoisotopic (exact) mass is 356 g/mol. The fourth-order valence-electron chi connectivity index (χ4n) is 2.57. The molecule has 2 aromatic carbocycles. The lowest BCUT2D eigenvalue weighted by atomic mass is 10.1. The minimum absolute atomic E-state index is 0.0133. The zero-order valence-electron chi connectivity index (χ0n) is 15.8. The van der Waals surface area contributed by atoms with E-state index >= 15 is 0 Å². The first-order valence-electron chi connectivity index (χ1n) is 8.84. The van der Waals surface area contributed by atoms with Gasteiger partial charge in [0.15, 0.2) is 0 Å². The molecule has 0 aliphatic carbocycles. The van der Waals surface area contributed by atoms with Gasteiger partial charge in [-0.15, -0.1) is 0 Å². The summed E-state index contributed by atoms with van der Waals surface area (Å²) in [5.74, 6) is 0.848. The van der Waals surface area contributed by atoms with Crippen molar-refractivity contribution < 1.29 is 14.3 Å². The average Bonchev–Trinajstić information content (AvgIpc) is 2.66. The van der Waals surface area contributed by atoms with E-state index in [-0.39, 0.29) is 5.91 Å². The average molecular weight is 356 g/mol. The molecular formula is C21H28N2O3. The second-order valence-electron chi connectivity index (χ2n) is 6.25. The minimum atomic E-state index is 0.0133. The third-order valence-electron chi connectivity index (χ3n) is 4.01. The third kappa shape index (κ3) is 6.86. The highest BCUT2D eigenvalue weighted by atomic mass is 16.5. The number of carbonyl (C=O) groups is 1. The normalized spacial score (nSPS) is 10.8. The van der Waals surface area contributed by atoms with Gasteiger partial charge in [-0.1, -0.05) is 36.4 Å². The van der Waals surface area contributed by atoms with Crippen LogP contribution in [0.1, 0.15) is 23.6 Å². The molecule has 0 aliphatic heterocycles. The Morgan fingerprint density at radius 3 is 2.23 bits per heavy atom. The summed E-state index contributed by atoms with van der Waals surface area (Å²) < 4.78 is 10.5. The predicted octanol–water partition coefficient (Wildman–Crippen LogP) is 2.98. The van der Waals surface area contributed by atoms with Crippen LogP contribution in [0.2, 0.25) is 0 Å². The van der Waals surface area contributed by atoms with Crippen LogP contribution in [0.5, 0.6) is 5.75 Å². The summed E-state index contributed by atoms with van der Waals surface area (Å²) in [7, 11) is 3.59. The Bertz CT molecular complexity index is 669. The van der Waals surface area contributed by atoms with Gasteiger partial charge in [0.1, 0.15) is 5.75 Å². The lowest BCUT2D eigenvalue weighted by molar-refractivity contribution is -0.122. The fourth-order valence-corrected chi connectivity index (χ4v) is 2.57. The maximum Gasteiger partial charge on any atom is 0.234 e. The van der Waals surface area contributed by atoms with Gasteiger partial charge in [-0.2, -0.15) is 0 Å². The fraction of sp³-hybridized carbons (Fsp3) is 0.381. The Morgan fingerprint density at radius 1 is 1.00 bits per heavy atom. The number of likely N-dealkylation sites (N-methyl/N-ethyl adjacent to an activating group) is 1. The van der Waals surface area contributed by atoms with Crippen LogP contribution in [0.25, 0.3) is 0 Å². The van der Waals surface area contributed by atoms with Crippen molar-refractivity contribution in [1.82, 2.24) is 10.2 Å². The van der Waals surface area contributed by atoms with Gasteiger partial charge < -0.3 is 14.8 Å². The molecule has 0 atom stereocenters. The van der Waals surface area contributed by atoms with Crippen molar-refractivity contribution in [3.05, 3.63) is 65.2 Å². The molecule has 2 rings (SSSR count). The second kappa shape index (κ2) is 10.6. The number of methoxy groups -OCH3 is 1. The van der Waals surface area contributed by atoms with Crippen LogP contribution in [-0.4, -0.2) is 38.1 Å². The maximum atomic E-state index is 12.1. The van der Waals surface area contributed by atoms with Crippen molar-refractivity contribution in [1.29, 1.82) is 0 Å². The van der Waals surface area contributed by atoms with Crippen molar-refractivity contribution in [2.75, 3.05) is 27.3 Å². The van der Waals surface area contributed by atoms with Crippen LogP contribution >= 0.6 is 0 Å². The van der Waals surface area contributed by atoms with E-state index in [1.807, 2.05) is 67.4 Å². The molecule has 5 nitrogen and oxygen atoms in total. The van der Waals surface area contributed by atoms with Crippen LogP contribution in [0, 0.1) is 0 Å². The van der Waals surface area contributed by atoms with E-state index in [0.29, 0.717) is 32.8 Å². The molecule has 2 aromatic rings. The molecule has 0 saturated heterocycles. The van der Waals surface area contributed by atoms with Gasteiger partial charge in [0.2, 0.25) is 5.91 Å². The van der Waals surface area contributed by atoms with E-state index in [4.69, 9.17) is 9.47 Å². The lowest BCUT2D eigenvalue weighted by Gasteiger charge is -2.16. The first-order valence-corrected chi connectivity index (χ1v) is 8.84. The van der Waals surface area contributed by atoms with E-state index in [1.165, 1.54) is 0 Å². The molecule has 26 heavy (non-hydrogen) atoms. The van der Waals surface area contributed by atoms with Gasteiger partial charge in [-0.3, -0.25) is 9.69 Å². The molecular weight excluding hydrogens is 328 g/mol. The van der Waals surface area contributed by atoms with Crippen LogP contribution in [0.15, 0.2) is 48.5 Å². The Hall–Kier alpha value is -2.37. The Kier molecular flexibility index (Phi) is 8.12. The van der Waals surface area contributed by atoms with Crippen molar-refractivity contribution in [2.24, 2.45) is 0 Å². The molecule has 0 unspecified atom stereocenters. The zero-order chi connectivity index (χ0) is 18.8. The topological polar surface area (TPSA) is 50.8 Å². The van der Waals surface area contributed by atoms with E-state index in [0.717, 1.165) is 22.4 Å². The van der Waals surface area contributed by atoms with Gasteiger partial charge in [-0.05, 0) is 42.8 Å². The molecule has 0 heterocycles. The molecule has 140 valence electrons. The smallest absolute Gasteiger partial charge is 0.234 e. The quantitative estimate of drug-likeness (QED) is 0.711. The van der Waals surface area contributed by atoms with E-state index in [9.17, 15) is 4.79 Å². The highest BCUT2D eigenvalue weighted by Gasteiger charge is 2.07. The summed E-state index contributed by atoms with van der Waals surface area (Å²) in [5, 5.41) is 2.96. The number of hydrogen-bond donors (Lipinski definition) is 1. The molecule has 0 aliphatic rings. The molecule has 0 bridgehead atoms. The molecule has 0 saturated carbocycles. The second-order valence-corrected chi connectivity index (χ2v) is 6.25. The summed E-state index contributed by atoms with van der Waals surface area (Å²) in [6.07, 6.45) is 0. The van der Waals surface area contributed by atoms with E-state index < -0.39 is 0 Å². The molecule has 0 radical (unpaired) electrons. The van der Waals surface area contributed by atoms with E-state index in [1.54, 1.807) is 7.11 Å². The minimum Gasteiger partial charge on any atom is -0.497 e. The van der Waals surface area contributed by atoms with Crippen molar-refractivity contribution in [3.63, 3.8) is 0 Å². The number of nitrogens with one attached hydrogen (secondary N) is 1. The van der Waals surface area contributed by atoms with Crippen LogP contribution < -0.4 is 10.1 Å². The van der Waals surface area contributed by atoms with Gasteiger partial charge in [0.05, 0.1) is 20.3 Å². The molecule has 0 spiro atoms. The molecule has 1 N–H and O–H groups in total. The summed E-state index contributed by atoms with van der Waals surface area (Å²) in [6, 6.07) is 16.0. The lowest BCUT2D eigenvalue weighted by Crippen LogP contribution is -2.34. The third-order valence-corrected chi connectivity index (χ3v) is 4.01. The highest BCUT2D eigenvalue weighted by Crippen LogP contribution is 2.12. The molecule has 1 amide bonds. The maximum absolute atomic E-state index is 12.1. The summed E-state index contributed by atoms with van der Waals surface area (Å²) >= 11 is 0. The Labute approximate surface area is 155 Å². The van der Waals surface area contributed by atoms with Gasteiger partial charge in [-0.25, -0.2) is 0 Å². The van der Waals surface area contributed by atoms with E-state index in [2.05, 4.69) is 5.32 Å². The number of nitrogens with zero attached hydrogens (tertiary/aromatic N) is 1. The Morgan fingerprint density at radius 2 is 1.62 bits per heavy atom. The van der Waals surface area contributed by atoms with Gasteiger partial charge in [0, 0.05) is 19.7 Å². The summed E-state index contributed by atoms with van der Waals surface area (Å²) in [6.45, 7) is 4.92. The number of ether oxygens (including phenoxy) is 2. The number of hydrogen-bond acceptors (Lipinski definition) is 4. The number of amides is 1. The standard InChI is InChI=1S/C21H28N2O3/c1-4-26-16-19-7-5-17(6-8-19)13-22-21(24)15-23(2)14-18-9-11-20(25-3)12-10-18/h5-12H,4,13-16H2,1-3H3,(H,22,24). The predicted molar refractivity (Wildman–Crippen MR) is 103 cm³/mol. The SMILES string of the molecule is CCOCc1ccc(CNC(=O)CN(C)Cc2ccc(OC)cc2)cc1. The summed E-state index contributed by atoms with van der Waals surface area (Å²) in [5.41, 5.74) is 3.36. The largest absolute Gasteiger partial charge is 0.497 e. The van der Waals surface area contributed by atoms with Crippen molar-refractivity contribution in [3.8, 4) is 5.75 Å². The van der Waals surface area contributed by atoms with Crippen molar-refractivity contribution >= 4 is 5.91 Å².